The van der Waals surface area contributed by atoms with Crippen LogP contribution in [0, 0.1) is 35.0 Å². The third-order valence-corrected chi connectivity index (χ3v) is 13.9. The summed E-state index contributed by atoms with van der Waals surface area (Å²) >= 11 is 0. The normalized spacial score (nSPS) is 34.3. The van der Waals surface area contributed by atoms with Crippen molar-refractivity contribution in [1.82, 2.24) is 20.0 Å². The van der Waals surface area contributed by atoms with E-state index in [0.29, 0.717) is 23.5 Å². The fourth-order valence-corrected chi connectivity index (χ4v) is 11.6. The van der Waals surface area contributed by atoms with E-state index in [1.165, 1.54) is 6.08 Å². The maximum absolute atomic E-state index is 14.5. The molecule has 0 aliphatic heterocycles. The summed E-state index contributed by atoms with van der Waals surface area (Å²) in [5, 5.41) is 49.1. The Balaban J connectivity index is 1.08. The third kappa shape index (κ3) is 7.06. The lowest BCUT2D eigenvalue weighted by Gasteiger charge is -2.55. The molecule has 8 aliphatic carbocycles. The highest BCUT2D eigenvalue weighted by Gasteiger charge is 2.61. The Hall–Kier alpha value is -4.58. The van der Waals surface area contributed by atoms with Gasteiger partial charge in [-0.1, -0.05) is 0 Å². The van der Waals surface area contributed by atoms with Crippen LogP contribution in [0.3, 0.4) is 0 Å². The number of aliphatic hydroxyl groups excluding tert-OH is 1. The zero-order chi connectivity index (χ0) is 43.3. The molecule has 0 saturated heterocycles. The second kappa shape index (κ2) is 14.6. The molecule has 8 aliphatic rings. The molecule has 4 bridgehead atoms. The van der Waals surface area contributed by atoms with Gasteiger partial charge in [0.25, 0.3) is 5.91 Å². The van der Waals surface area contributed by atoms with Crippen LogP contribution in [-0.2, 0) is 33.4 Å². The molecule has 17 nitrogen and oxygen atoms in total. The fourth-order valence-electron chi connectivity index (χ4n) is 11.6. The number of fused-ring (bicyclic) bond motifs is 2. The van der Waals surface area contributed by atoms with E-state index in [2.05, 4.69) is 5.32 Å². The molecule has 5 atom stereocenters. The number of hydrogen-bond donors (Lipinski definition) is 6. The number of likely N-dealkylation sites (N-methyl/N-ethyl adjacent to an activating group) is 2. The first-order chi connectivity index (χ1) is 27.4. The minimum atomic E-state index is -3.01. The molecule has 4 fully saturated rings. The Labute approximate surface area is 342 Å². The summed E-state index contributed by atoms with van der Waals surface area (Å²) in [6.45, 7) is 3.77. The number of nitrogens with zero attached hydrogens (tertiary/aromatic N) is 3. The molecular weight excluding hydrogens is 766 g/mol. The molecular formula is C42H57N5O12. The lowest BCUT2D eigenvalue weighted by atomic mass is 9.49. The van der Waals surface area contributed by atoms with Crippen LogP contribution in [0.2, 0.25) is 0 Å². The number of carbonyl (C=O) groups excluding carboxylic acids is 6. The van der Waals surface area contributed by atoms with Gasteiger partial charge in [-0.15, -0.1) is 0 Å². The van der Waals surface area contributed by atoms with Gasteiger partial charge in [0.05, 0.1) is 17.0 Å². The van der Waals surface area contributed by atoms with Crippen molar-refractivity contribution in [3.05, 3.63) is 45.9 Å². The van der Waals surface area contributed by atoms with Gasteiger partial charge in [0.15, 0.2) is 11.4 Å². The van der Waals surface area contributed by atoms with E-state index in [0.717, 1.165) is 49.5 Å². The van der Waals surface area contributed by atoms with Gasteiger partial charge in [-0.25, -0.2) is 4.79 Å². The molecule has 322 valence electrons. The maximum Gasteiger partial charge on any atom is 0.413 e. The zero-order valence-corrected chi connectivity index (χ0v) is 34.7. The molecule has 1 unspecified atom stereocenters. The number of esters is 1. The first-order valence-electron chi connectivity index (χ1n) is 20.3. The average Bonchev–Trinajstić information content (AvgIpc) is 3.10. The molecule has 0 spiro atoms. The molecule has 17 heteroatoms. The summed E-state index contributed by atoms with van der Waals surface area (Å²) < 4.78 is 10.9. The van der Waals surface area contributed by atoms with Gasteiger partial charge >= 0.3 is 12.1 Å². The van der Waals surface area contributed by atoms with Crippen LogP contribution in [0.1, 0.15) is 72.1 Å². The van der Waals surface area contributed by atoms with E-state index >= 15 is 0 Å². The van der Waals surface area contributed by atoms with Crippen molar-refractivity contribution in [3.8, 4) is 0 Å². The van der Waals surface area contributed by atoms with Crippen LogP contribution < -0.4 is 11.1 Å². The minimum absolute atomic E-state index is 0.000474. The maximum atomic E-state index is 14.5. The summed E-state index contributed by atoms with van der Waals surface area (Å²) in [5.74, 6) is -8.20. The van der Waals surface area contributed by atoms with Crippen molar-refractivity contribution in [2.24, 2.45) is 40.7 Å². The highest BCUT2D eigenvalue weighted by Crippen LogP contribution is 2.60. The Morgan fingerprint density at radius 1 is 0.932 bits per heavy atom. The number of rotatable bonds is 9. The third-order valence-electron chi connectivity index (χ3n) is 13.9. The van der Waals surface area contributed by atoms with Crippen LogP contribution in [-0.4, -0.2) is 141 Å². The number of ether oxygens (including phenoxy) is 2. The number of hydrogen-bond acceptors (Lipinski definition) is 14. The molecule has 0 aromatic rings. The monoisotopic (exact) mass is 823 g/mol. The Bertz CT molecular complexity index is 1970. The van der Waals surface area contributed by atoms with Crippen molar-refractivity contribution in [1.29, 1.82) is 0 Å². The van der Waals surface area contributed by atoms with Crippen molar-refractivity contribution in [2.75, 3.05) is 41.5 Å². The fraction of sp³-hybridized carbons (Fsp3) is 0.667. The minimum Gasteiger partial charge on any atom is -0.510 e. The number of ketones is 2. The van der Waals surface area contributed by atoms with Crippen LogP contribution in [0.15, 0.2) is 45.9 Å². The number of primary amides is 1. The summed E-state index contributed by atoms with van der Waals surface area (Å²) in [6, 6.07) is -2.64. The number of nitrogens with one attached hydrogen (secondary N) is 1. The molecule has 8 rings (SSSR count). The number of amides is 3. The van der Waals surface area contributed by atoms with Crippen molar-refractivity contribution in [3.63, 3.8) is 0 Å². The van der Waals surface area contributed by atoms with Gasteiger partial charge in [0, 0.05) is 36.8 Å². The quantitative estimate of drug-likeness (QED) is 0.108. The van der Waals surface area contributed by atoms with Gasteiger partial charge in [-0.05, 0) is 128 Å². The van der Waals surface area contributed by atoms with Crippen molar-refractivity contribution in [2.45, 2.75) is 101 Å². The van der Waals surface area contributed by atoms with Crippen molar-refractivity contribution >= 4 is 35.4 Å². The number of aliphatic hydroxyl groups is 4. The molecule has 4 saturated carbocycles. The number of allylic oxidation sites excluding steroid dienone is 2. The largest absolute Gasteiger partial charge is 0.510 e. The first-order valence-corrected chi connectivity index (χ1v) is 20.3. The van der Waals surface area contributed by atoms with Gasteiger partial charge in [0.2, 0.25) is 24.3 Å². The molecule has 0 heterocycles. The second-order valence-electron chi connectivity index (χ2n) is 19.3. The predicted molar refractivity (Wildman–Crippen MR) is 208 cm³/mol. The molecule has 0 aromatic heterocycles. The van der Waals surface area contributed by atoms with E-state index in [-0.39, 0.29) is 30.0 Å². The van der Waals surface area contributed by atoms with E-state index in [1.807, 2.05) is 0 Å². The van der Waals surface area contributed by atoms with Crippen LogP contribution in [0.25, 0.3) is 0 Å². The zero-order valence-electron chi connectivity index (χ0n) is 34.7. The lowest BCUT2D eigenvalue weighted by Crippen LogP contribution is -2.63. The van der Waals surface area contributed by atoms with E-state index in [4.69, 9.17) is 15.2 Å². The lowest BCUT2D eigenvalue weighted by molar-refractivity contribution is -0.180. The molecule has 59 heavy (non-hydrogen) atoms. The van der Waals surface area contributed by atoms with Crippen LogP contribution in [0.5, 0.6) is 0 Å². The second-order valence-corrected chi connectivity index (χ2v) is 19.3. The predicted octanol–water partition coefficient (Wildman–Crippen LogP) is 0.939. The van der Waals surface area contributed by atoms with Gasteiger partial charge < -0.3 is 45.9 Å². The molecule has 0 aromatic carbocycles. The number of carbonyl (C=O) groups is 6. The summed E-state index contributed by atoms with van der Waals surface area (Å²) in [6.07, 6.45) is 7.36. The molecule has 7 N–H and O–H groups in total. The number of nitrogens with two attached hydrogens (primary N) is 1. The smallest absolute Gasteiger partial charge is 0.413 e. The topological polar surface area (TPSA) is 250 Å². The standard InChI is InChI=1S/C42H57N5O12/c1-39(2,3)47(38(54)59-19-58-37(53)40-14-20-8-21(15-40)10-22(9-20)16-40)18-29(48)44-28-13-27(45(4)5)24-11-23-12-26-32(46(6)7)34(50)30(36(43)52)35(51)41(26,55)17-25(23)33(49)31(24)42(28,56)57/h13,17,20-23,26,28,32,50,55-57H,8-12,14-16,18-19H2,1-7H3,(H2,43,52)(H,44,48)/t20?,21?,22?,23-,26-,28?,32-,40?,41-/m0/s1. The SMILES string of the molecule is CN(C)C1=CC(NC(=O)CN(C(=O)OCOC(=O)C23CC4CC(CC(C4)C2)C3)C(C)(C)C)C(O)(O)C2=C1C[C@H]1C[C@H]3[C@H](N(C)C)C(O)=C(C(N)=O)C(=O)[C@]3(O)C=C1C2=O. The highest BCUT2D eigenvalue weighted by molar-refractivity contribution is 6.24. The average molecular weight is 824 g/mol. The van der Waals surface area contributed by atoms with Crippen LogP contribution >= 0.6 is 0 Å². The van der Waals surface area contributed by atoms with Crippen molar-refractivity contribution < 1.29 is 58.7 Å². The van der Waals surface area contributed by atoms with E-state index in [1.54, 1.807) is 58.8 Å². The number of Topliss-reactive ketones (excluding diaryl/α,β-unsaturated/α-hetero) is 2. The summed E-state index contributed by atoms with van der Waals surface area (Å²) in [7, 11) is 6.55. The highest BCUT2D eigenvalue weighted by atomic mass is 16.7. The summed E-state index contributed by atoms with van der Waals surface area (Å²) in [5.41, 5.74) is 0.788. The Morgan fingerprint density at radius 3 is 2.05 bits per heavy atom. The van der Waals surface area contributed by atoms with E-state index in [9.17, 15) is 49.2 Å². The van der Waals surface area contributed by atoms with Gasteiger partial charge in [-0.2, -0.15) is 0 Å². The summed E-state index contributed by atoms with van der Waals surface area (Å²) in [4.78, 5) is 85.2. The van der Waals surface area contributed by atoms with Gasteiger partial charge in [0.1, 0.15) is 23.9 Å². The Kier molecular flexibility index (Phi) is 10.5. The first kappa shape index (κ1) is 42.5. The molecule has 3 amide bonds. The van der Waals surface area contributed by atoms with Gasteiger partial charge in [-0.3, -0.25) is 33.8 Å². The van der Waals surface area contributed by atoms with E-state index < -0.39 is 106 Å². The molecule has 0 radical (unpaired) electrons. The Morgan fingerprint density at radius 2 is 1.53 bits per heavy atom. The van der Waals surface area contributed by atoms with Crippen LogP contribution in [0.4, 0.5) is 4.79 Å².